The van der Waals surface area contributed by atoms with Gasteiger partial charge in [-0.15, -0.1) is 0 Å². The summed E-state index contributed by atoms with van der Waals surface area (Å²) in [5.41, 5.74) is 6.66. The van der Waals surface area contributed by atoms with Crippen LogP contribution in [0.2, 0.25) is 0 Å². The van der Waals surface area contributed by atoms with Gasteiger partial charge in [0, 0.05) is 12.1 Å². The Morgan fingerprint density at radius 2 is 2.10 bits per heavy atom. The SMILES string of the molecule is CCCCn1nc(-c2ccc(F)c(F)c2)c(C=O)c1N. The number of nitrogens with zero attached hydrogens (tertiary/aromatic N) is 2. The first-order valence-corrected chi connectivity index (χ1v) is 6.35. The number of aryl methyl sites for hydroxylation is 1. The van der Waals surface area contributed by atoms with E-state index >= 15 is 0 Å². The highest BCUT2D eigenvalue weighted by Crippen LogP contribution is 2.27. The van der Waals surface area contributed by atoms with Gasteiger partial charge in [-0.05, 0) is 24.6 Å². The zero-order valence-corrected chi connectivity index (χ0v) is 11.1. The minimum atomic E-state index is -0.985. The molecule has 0 aliphatic carbocycles. The molecule has 6 heteroatoms. The van der Waals surface area contributed by atoms with E-state index in [0.29, 0.717) is 18.4 Å². The molecule has 0 aliphatic rings. The molecule has 0 fully saturated rings. The number of aldehydes is 1. The summed E-state index contributed by atoms with van der Waals surface area (Å²) in [5.74, 6) is -1.69. The smallest absolute Gasteiger partial charge is 0.159 e. The predicted octanol–water partition coefficient (Wildman–Crippen LogP) is 3.02. The van der Waals surface area contributed by atoms with Crippen molar-refractivity contribution in [1.29, 1.82) is 0 Å². The van der Waals surface area contributed by atoms with Gasteiger partial charge in [0.1, 0.15) is 11.5 Å². The molecule has 20 heavy (non-hydrogen) atoms. The summed E-state index contributed by atoms with van der Waals surface area (Å²) in [6, 6.07) is 3.38. The van der Waals surface area contributed by atoms with Gasteiger partial charge in [0.15, 0.2) is 17.9 Å². The summed E-state index contributed by atoms with van der Waals surface area (Å²) in [7, 11) is 0. The molecule has 4 nitrogen and oxygen atoms in total. The van der Waals surface area contributed by atoms with Gasteiger partial charge >= 0.3 is 0 Å². The number of benzene rings is 1. The highest BCUT2D eigenvalue weighted by atomic mass is 19.2. The fourth-order valence-corrected chi connectivity index (χ4v) is 1.94. The molecule has 0 unspecified atom stereocenters. The number of hydrogen-bond donors (Lipinski definition) is 1. The van der Waals surface area contributed by atoms with Crippen LogP contribution in [0.4, 0.5) is 14.6 Å². The van der Waals surface area contributed by atoms with E-state index < -0.39 is 11.6 Å². The van der Waals surface area contributed by atoms with Crippen LogP contribution in [0.3, 0.4) is 0 Å². The molecular formula is C14H15F2N3O. The molecule has 1 aromatic carbocycles. The largest absolute Gasteiger partial charge is 0.383 e. The van der Waals surface area contributed by atoms with Crippen molar-refractivity contribution in [2.45, 2.75) is 26.3 Å². The van der Waals surface area contributed by atoms with Gasteiger partial charge in [0.2, 0.25) is 0 Å². The number of carbonyl (C=O) groups is 1. The van der Waals surface area contributed by atoms with Crippen LogP contribution in [0.15, 0.2) is 18.2 Å². The third-order valence-electron chi connectivity index (χ3n) is 3.06. The highest BCUT2D eigenvalue weighted by Gasteiger charge is 2.17. The van der Waals surface area contributed by atoms with E-state index in [1.807, 2.05) is 6.92 Å². The van der Waals surface area contributed by atoms with Crippen LogP contribution < -0.4 is 5.73 Å². The summed E-state index contributed by atoms with van der Waals surface area (Å²) in [6.45, 7) is 2.60. The Morgan fingerprint density at radius 1 is 1.35 bits per heavy atom. The minimum absolute atomic E-state index is 0.201. The van der Waals surface area contributed by atoms with Crippen molar-refractivity contribution in [3.8, 4) is 11.3 Å². The van der Waals surface area contributed by atoms with Gasteiger partial charge in [0.05, 0.1) is 5.56 Å². The van der Waals surface area contributed by atoms with E-state index in [1.165, 1.54) is 10.7 Å². The van der Waals surface area contributed by atoms with Crippen LogP contribution in [-0.4, -0.2) is 16.1 Å². The molecule has 1 heterocycles. The zero-order chi connectivity index (χ0) is 14.7. The molecule has 0 atom stereocenters. The number of nitrogens with two attached hydrogens (primary N) is 1. The molecule has 1 aromatic heterocycles. The summed E-state index contributed by atoms with van der Waals surface area (Å²) in [6.07, 6.45) is 2.40. The van der Waals surface area contributed by atoms with Crippen LogP contribution in [0.5, 0.6) is 0 Å². The van der Waals surface area contributed by atoms with Crippen molar-refractivity contribution in [2.24, 2.45) is 0 Å². The Bertz CT molecular complexity index is 638. The van der Waals surface area contributed by atoms with Crippen molar-refractivity contribution in [3.63, 3.8) is 0 Å². The second kappa shape index (κ2) is 5.81. The first kappa shape index (κ1) is 14.2. The maximum atomic E-state index is 13.3. The number of aromatic nitrogens is 2. The fourth-order valence-electron chi connectivity index (χ4n) is 1.94. The van der Waals surface area contributed by atoms with Crippen molar-refractivity contribution in [3.05, 3.63) is 35.4 Å². The van der Waals surface area contributed by atoms with E-state index in [9.17, 15) is 13.6 Å². The van der Waals surface area contributed by atoms with E-state index in [1.54, 1.807) is 0 Å². The Hall–Kier alpha value is -2.24. The van der Waals surface area contributed by atoms with Crippen LogP contribution in [-0.2, 0) is 6.54 Å². The summed E-state index contributed by atoms with van der Waals surface area (Å²) in [5, 5.41) is 4.23. The monoisotopic (exact) mass is 279 g/mol. The van der Waals surface area contributed by atoms with Crippen LogP contribution in [0.1, 0.15) is 30.1 Å². The van der Waals surface area contributed by atoms with Gasteiger partial charge in [-0.25, -0.2) is 13.5 Å². The summed E-state index contributed by atoms with van der Waals surface area (Å²) < 4.78 is 27.8. The summed E-state index contributed by atoms with van der Waals surface area (Å²) in [4.78, 5) is 11.2. The van der Waals surface area contributed by atoms with Crippen molar-refractivity contribution >= 4 is 12.1 Å². The Balaban J connectivity index is 2.49. The molecule has 2 rings (SSSR count). The Labute approximate surface area is 115 Å². The van der Waals surface area contributed by atoms with E-state index in [0.717, 1.165) is 25.0 Å². The van der Waals surface area contributed by atoms with Gasteiger partial charge in [-0.1, -0.05) is 13.3 Å². The third-order valence-corrected chi connectivity index (χ3v) is 3.06. The second-order valence-corrected chi connectivity index (χ2v) is 4.47. The minimum Gasteiger partial charge on any atom is -0.383 e. The first-order chi connectivity index (χ1) is 9.58. The van der Waals surface area contributed by atoms with Crippen molar-refractivity contribution in [2.75, 3.05) is 5.73 Å². The molecule has 0 amide bonds. The lowest BCUT2D eigenvalue weighted by atomic mass is 10.1. The van der Waals surface area contributed by atoms with E-state index in [-0.39, 0.29) is 17.1 Å². The molecule has 106 valence electrons. The number of rotatable bonds is 5. The first-order valence-electron chi connectivity index (χ1n) is 6.35. The average molecular weight is 279 g/mol. The second-order valence-electron chi connectivity index (χ2n) is 4.47. The molecule has 0 bridgehead atoms. The fraction of sp³-hybridized carbons (Fsp3) is 0.286. The number of halogens is 2. The topological polar surface area (TPSA) is 60.9 Å². The molecule has 0 saturated carbocycles. The Kier molecular flexibility index (Phi) is 4.12. The molecule has 0 spiro atoms. The molecule has 2 N–H and O–H groups in total. The quantitative estimate of drug-likeness (QED) is 0.856. The number of unbranched alkanes of at least 4 members (excludes halogenated alkanes) is 1. The number of anilines is 1. The predicted molar refractivity (Wildman–Crippen MR) is 72.3 cm³/mol. The molecular weight excluding hydrogens is 264 g/mol. The van der Waals surface area contributed by atoms with Crippen LogP contribution in [0, 0.1) is 11.6 Å². The van der Waals surface area contributed by atoms with Gasteiger partial charge < -0.3 is 5.73 Å². The lowest BCUT2D eigenvalue weighted by Crippen LogP contribution is -2.05. The van der Waals surface area contributed by atoms with Gasteiger partial charge in [-0.2, -0.15) is 5.10 Å². The molecule has 0 aliphatic heterocycles. The maximum absolute atomic E-state index is 13.3. The van der Waals surface area contributed by atoms with Crippen molar-refractivity contribution in [1.82, 2.24) is 9.78 Å². The van der Waals surface area contributed by atoms with E-state index in [4.69, 9.17) is 5.73 Å². The van der Waals surface area contributed by atoms with Crippen LogP contribution >= 0.6 is 0 Å². The lowest BCUT2D eigenvalue weighted by molar-refractivity contribution is 0.112. The zero-order valence-electron chi connectivity index (χ0n) is 11.1. The van der Waals surface area contributed by atoms with Crippen molar-refractivity contribution < 1.29 is 13.6 Å². The summed E-state index contributed by atoms with van der Waals surface area (Å²) >= 11 is 0. The van der Waals surface area contributed by atoms with Gasteiger partial charge in [-0.3, -0.25) is 4.79 Å². The lowest BCUT2D eigenvalue weighted by Gasteiger charge is -2.01. The van der Waals surface area contributed by atoms with Gasteiger partial charge in [0.25, 0.3) is 0 Å². The average Bonchev–Trinajstić information content (AvgIpc) is 2.76. The Morgan fingerprint density at radius 3 is 2.70 bits per heavy atom. The molecule has 0 radical (unpaired) electrons. The normalized spacial score (nSPS) is 10.8. The van der Waals surface area contributed by atoms with E-state index in [2.05, 4.69) is 5.10 Å². The third kappa shape index (κ3) is 2.54. The molecule has 0 saturated heterocycles. The standard InChI is InChI=1S/C14H15F2N3O/c1-2-3-6-19-14(17)10(8-20)13(18-19)9-4-5-11(15)12(16)7-9/h4-5,7-8H,2-3,6,17H2,1H3. The number of carbonyl (C=O) groups excluding carboxylic acids is 1. The number of hydrogen-bond acceptors (Lipinski definition) is 3. The molecule has 2 aromatic rings. The maximum Gasteiger partial charge on any atom is 0.159 e. The van der Waals surface area contributed by atoms with Crippen LogP contribution in [0.25, 0.3) is 11.3 Å². The highest BCUT2D eigenvalue weighted by molar-refractivity contribution is 5.91. The number of nitrogen functional groups attached to an aromatic ring is 1.